The van der Waals surface area contributed by atoms with Gasteiger partial charge in [0.05, 0.1) is 5.69 Å². The maximum Gasteiger partial charge on any atom is 0.169 e. The van der Waals surface area contributed by atoms with Gasteiger partial charge in [-0.25, -0.2) is 4.68 Å². The largest absolute Gasteiger partial charge is 0.381 e. The van der Waals surface area contributed by atoms with E-state index >= 15 is 0 Å². The van der Waals surface area contributed by atoms with Crippen molar-refractivity contribution < 1.29 is 0 Å². The Hall–Kier alpha value is -1.36. The van der Waals surface area contributed by atoms with E-state index in [1.54, 1.807) is 11.3 Å². The average molecular weight is 234 g/mol. The van der Waals surface area contributed by atoms with E-state index in [0.29, 0.717) is 11.7 Å². The maximum absolute atomic E-state index is 5.84. The fraction of sp³-hybridized carbons (Fsp3) is 0.455. The highest BCUT2D eigenvalue weighted by Crippen LogP contribution is 2.41. The van der Waals surface area contributed by atoms with E-state index in [1.807, 2.05) is 4.68 Å². The molecule has 0 aliphatic heterocycles. The van der Waals surface area contributed by atoms with Crippen LogP contribution in [0.25, 0.3) is 0 Å². The summed E-state index contributed by atoms with van der Waals surface area (Å²) in [6, 6.07) is 2.15. The zero-order valence-corrected chi connectivity index (χ0v) is 9.78. The zero-order valence-electron chi connectivity index (χ0n) is 8.97. The first-order valence-electron chi connectivity index (χ1n) is 5.54. The number of thiophene rings is 1. The topological polar surface area (TPSA) is 56.7 Å². The van der Waals surface area contributed by atoms with Gasteiger partial charge in [-0.05, 0) is 41.7 Å². The van der Waals surface area contributed by atoms with Crippen LogP contribution in [0.5, 0.6) is 0 Å². The van der Waals surface area contributed by atoms with Crippen molar-refractivity contribution in [3.8, 4) is 0 Å². The zero-order chi connectivity index (χ0) is 11.0. The highest BCUT2D eigenvalue weighted by atomic mass is 32.1. The van der Waals surface area contributed by atoms with Gasteiger partial charge in [0.25, 0.3) is 0 Å². The predicted octanol–water partition coefficient (Wildman–Crippen LogP) is 2.04. The van der Waals surface area contributed by atoms with Gasteiger partial charge in [-0.2, -0.15) is 11.3 Å². The Morgan fingerprint density at radius 2 is 2.38 bits per heavy atom. The normalized spacial score (nSPS) is 15.5. The molecular weight excluding hydrogens is 220 g/mol. The Kier molecular flexibility index (Phi) is 2.40. The van der Waals surface area contributed by atoms with E-state index in [4.69, 9.17) is 5.73 Å². The summed E-state index contributed by atoms with van der Waals surface area (Å²) in [6.45, 7) is 0.882. The number of hydrogen-bond donors (Lipinski definition) is 1. The second-order valence-corrected chi connectivity index (χ2v) is 5.02. The Morgan fingerprint density at radius 3 is 3.06 bits per heavy atom. The van der Waals surface area contributed by atoms with E-state index < -0.39 is 0 Å². The van der Waals surface area contributed by atoms with E-state index in [1.165, 1.54) is 18.4 Å². The Labute approximate surface area is 98.1 Å². The number of rotatable bonds is 4. The molecule has 4 nitrogen and oxygen atoms in total. The molecule has 2 aromatic rings. The first-order valence-corrected chi connectivity index (χ1v) is 6.49. The number of nitrogens with zero attached hydrogens (tertiary/aromatic N) is 3. The summed E-state index contributed by atoms with van der Waals surface area (Å²) >= 11 is 1.73. The molecule has 1 saturated carbocycles. The molecule has 0 unspecified atom stereocenters. The molecule has 1 aliphatic rings. The highest BCUT2D eigenvalue weighted by molar-refractivity contribution is 7.07. The molecule has 0 atom stereocenters. The molecule has 3 rings (SSSR count). The van der Waals surface area contributed by atoms with Gasteiger partial charge in [-0.1, -0.05) is 5.21 Å². The molecule has 0 radical (unpaired) electrons. The monoisotopic (exact) mass is 234 g/mol. The van der Waals surface area contributed by atoms with Crippen LogP contribution >= 0.6 is 11.3 Å². The van der Waals surface area contributed by atoms with Gasteiger partial charge in [-0.15, -0.1) is 5.10 Å². The van der Waals surface area contributed by atoms with Gasteiger partial charge in [-0.3, -0.25) is 0 Å². The third kappa shape index (κ3) is 1.82. The molecule has 5 heteroatoms. The summed E-state index contributed by atoms with van der Waals surface area (Å²) in [5, 5.41) is 12.4. The minimum Gasteiger partial charge on any atom is -0.381 e. The molecule has 0 saturated heterocycles. The van der Waals surface area contributed by atoms with Gasteiger partial charge in [0, 0.05) is 12.5 Å². The van der Waals surface area contributed by atoms with Gasteiger partial charge in [0.15, 0.2) is 5.82 Å². The Morgan fingerprint density at radius 1 is 1.50 bits per heavy atom. The molecule has 0 aromatic carbocycles. The second-order valence-electron chi connectivity index (χ2n) is 4.24. The summed E-state index contributed by atoms with van der Waals surface area (Å²) < 4.78 is 1.98. The fourth-order valence-electron chi connectivity index (χ4n) is 1.95. The lowest BCUT2D eigenvalue weighted by atomic mass is 10.2. The number of anilines is 1. The summed E-state index contributed by atoms with van der Waals surface area (Å²) in [5.41, 5.74) is 8.35. The quantitative estimate of drug-likeness (QED) is 0.880. The van der Waals surface area contributed by atoms with E-state index in [9.17, 15) is 0 Å². The number of nitrogen functional groups attached to an aromatic ring is 1. The molecule has 16 heavy (non-hydrogen) atoms. The van der Waals surface area contributed by atoms with Gasteiger partial charge in [0.1, 0.15) is 0 Å². The maximum atomic E-state index is 5.84. The van der Waals surface area contributed by atoms with Crippen molar-refractivity contribution in [1.82, 2.24) is 15.0 Å². The van der Waals surface area contributed by atoms with Crippen LogP contribution in [0.3, 0.4) is 0 Å². The van der Waals surface area contributed by atoms with Crippen molar-refractivity contribution in [2.45, 2.75) is 31.7 Å². The first-order chi connectivity index (χ1) is 7.84. The summed E-state index contributed by atoms with van der Waals surface area (Å²) in [7, 11) is 0. The van der Waals surface area contributed by atoms with Gasteiger partial charge >= 0.3 is 0 Å². The van der Waals surface area contributed by atoms with Gasteiger partial charge in [0.2, 0.25) is 0 Å². The van der Waals surface area contributed by atoms with Crippen LogP contribution in [0.4, 0.5) is 5.82 Å². The summed E-state index contributed by atoms with van der Waals surface area (Å²) in [6.07, 6.45) is 3.47. The molecule has 0 spiro atoms. The predicted molar refractivity (Wildman–Crippen MR) is 64.4 cm³/mol. The molecule has 2 N–H and O–H groups in total. The molecule has 0 bridgehead atoms. The smallest absolute Gasteiger partial charge is 0.169 e. The fourth-order valence-corrected chi connectivity index (χ4v) is 2.65. The van der Waals surface area contributed by atoms with Crippen LogP contribution < -0.4 is 5.73 Å². The van der Waals surface area contributed by atoms with E-state index in [2.05, 4.69) is 27.1 Å². The first kappa shape index (κ1) is 9.84. The van der Waals surface area contributed by atoms with Crippen molar-refractivity contribution in [2.24, 2.45) is 0 Å². The van der Waals surface area contributed by atoms with Crippen molar-refractivity contribution in [3.63, 3.8) is 0 Å². The van der Waals surface area contributed by atoms with E-state index in [-0.39, 0.29) is 0 Å². The number of nitrogens with two attached hydrogens (primary N) is 1. The molecule has 0 amide bonds. The van der Waals surface area contributed by atoms with E-state index in [0.717, 1.165) is 18.7 Å². The molecule has 2 heterocycles. The molecule has 84 valence electrons. The van der Waals surface area contributed by atoms with Crippen LogP contribution in [0.2, 0.25) is 0 Å². The van der Waals surface area contributed by atoms with Crippen LogP contribution in [0.1, 0.15) is 30.0 Å². The van der Waals surface area contributed by atoms with Crippen LogP contribution in [0, 0.1) is 0 Å². The number of aromatic nitrogens is 3. The van der Waals surface area contributed by atoms with Crippen LogP contribution in [0.15, 0.2) is 16.8 Å². The SMILES string of the molecule is Nc1nnn(CCc2ccsc2)c1C1CC1. The van der Waals surface area contributed by atoms with Crippen molar-refractivity contribution >= 4 is 17.2 Å². The van der Waals surface area contributed by atoms with Gasteiger partial charge < -0.3 is 5.73 Å². The van der Waals surface area contributed by atoms with Crippen molar-refractivity contribution in [3.05, 3.63) is 28.1 Å². The lowest BCUT2D eigenvalue weighted by Crippen LogP contribution is -2.07. The Bertz CT molecular complexity index is 470. The number of hydrogen-bond acceptors (Lipinski definition) is 4. The highest BCUT2D eigenvalue weighted by Gasteiger charge is 2.30. The molecule has 2 aromatic heterocycles. The lowest BCUT2D eigenvalue weighted by molar-refractivity contribution is 0.565. The molecule has 1 fully saturated rings. The van der Waals surface area contributed by atoms with Crippen molar-refractivity contribution in [1.29, 1.82) is 0 Å². The van der Waals surface area contributed by atoms with Crippen LogP contribution in [-0.4, -0.2) is 15.0 Å². The molecular formula is C11H14N4S. The van der Waals surface area contributed by atoms with Crippen molar-refractivity contribution in [2.75, 3.05) is 5.73 Å². The molecule has 1 aliphatic carbocycles. The summed E-state index contributed by atoms with van der Waals surface area (Å²) in [5.74, 6) is 1.23. The third-order valence-electron chi connectivity index (χ3n) is 2.96. The van der Waals surface area contributed by atoms with Crippen LogP contribution in [-0.2, 0) is 13.0 Å². The lowest BCUT2D eigenvalue weighted by Gasteiger charge is -2.04. The average Bonchev–Trinajstić information content (AvgIpc) is 2.85. The second kappa shape index (κ2) is 3.90. The minimum absolute atomic E-state index is 0.609. The standard InChI is InChI=1S/C11H14N4S/c12-11-10(9-1-2-9)15(14-13-11)5-3-8-4-6-16-7-8/h4,6-7,9H,1-3,5,12H2. The Balaban J connectivity index is 1.74. The third-order valence-corrected chi connectivity index (χ3v) is 3.69. The number of aryl methyl sites for hydroxylation is 2. The minimum atomic E-state index is 0.609. The summed E-state index contributed by atoms with van der Waals surface area (Å²) in [4.78, 5) is 0.